The zero-order chi connectivity index (χ0) is 6.69. The summed E-state index contributed by atoms with van der Waals surface area (Å²) < 4.78 is 5.23. The number of anilines is 1. The number of rotatable bonds is 2. The summed E-state index contributed by atoms with van der Waals surface area (Å²) in [5, 5.41) is 3.32. The van der Waals surface area contributed by atoms with Gasteiger partial charge in [-0.15, -0.1) is 0 Å². The van der Waals surface area contributed by atoms with Crippen LogP contribution in [0.1, 0.15) is 0 Å². The fourth-order valence-corrected chi connectivity index (χ4v) is 0.401. The molecule has 0 aliphatic rings. The Hall–Kier alpha value is -1.04. The maximum atomic E-state index is 9.93. The van der Waals surface area contributed by atoms with Gasteiger partial charge in [-0.1, -0.05) is 12.8 Å². The third kappa shape index (κ3) is 1.20. The molecule has 1 rings (SSSR count). The van der Waals surface area contributed by atoms with Crippen LogP contribution in [0.4, 0.5) is 5.95 Å². The lowest BCUT2D eigenvalue weighted by Gasteiger charge is -1.97. The number of aromatic nitrogens is 2. The van der Waals surface area contributed by atoms with Crippen molar-refractivity contribution in [1.29, 1.82) is 0 Å². The van der Waals surface area contributed by atoms with Gasteiger partial charge in [-0.05, 0) is 5.16 Å². The zero-order valence-corrected chi connectivity index (χ0v) is 5.15. The highest BCUT2D eigenvalue weighted by Gasteiger charge is 2.02. The first-order valence-electron chi connectivity index (χ1n) is 2.04. The second-order valence-corrected chi connectivity index (χ2v) is 1.61. The van der Waals surface area contributed by atoms with Crippen LogP contribution in [0.5, 0.6) is 0 Å². The van der Waals surface area contributed by atoms with Crippen LogP contribution in [0.2, 0.25) is 0 Å². The van der Waals surface area contributed by atoms with Gasteiger partial charge in [0.1, 0.15) is 0 Å². The summed E-state index contributed by atoms with van der Waals surface area (Å²) in [5.74, 6) is 0.133. The first kappa shape index (κ1) is 6.09. The molecule has 0 aliphatic carbocycles. The third-order valence-corrected chi connectivity index (χ3v) is 0.928. The third-order valence-electron chi connectivity index (χ3n) is 0.654. The van der Waals surface area contributed by atoms with E-state index in [0.717, 1.165) is 10.7 Å². The second-order valence-electron chi connectivity index (χ2n) is 1.18. The van der Waals surface area contributed by atoms with Crippen molar-refractivity contribution >= 4 is 25.2 Å². The standard InChI is InChI=1S/C3H3N3O2S/c7-2-6(9)3-4-1-8-5-3/h1-2,9H. The summed E-state index contributed by atoms with van der Waals surface area (Å²) in [4.78, 5) is 13.5. The molecular formula is C3H3N3O2S. The minimum Gasteiger partial charge on any atom is -0.341 e. The SMILES string of the molecule is O=CN(S)c1ncon1. The van der Waals surface area contributed by atoms with Gasteiger partial charge >= 0.3 is 0 Å². The Balaban J connectivity index is 2.76. The summed E-state index contributed by atoms with van der Waals surface area (Å²) in [6.45, 7) is 0. The molecule has 0 aliphatic heterocycles. The molecule has 0 bridgehead atoms. The van der Waals surface area contributed by atoms with E-state index in [2.05, 4.69) is 27.5 Å². The van der Waals surface area contributed by atoms with Crippen LogP contribution >= 0.6 is 12.8 Å². The smallest absolute Gasteiger partial charge is 0.282 e. The van der Waals surface area contributed by atoms with Crippen molar-refractivity contribution in [2.75, 3.05) is 4.31 Å². The maximum Gasteiger partial charge on any atom is 0.282 e. The summed E-state index contributed by atoms with van der Waals surface area (Å²) in [7, 11) is 0. The molecule has 5 nitrogen and oxygen atoms in total. The molecule has 1 aromatic rings. The molecule has 0 unspecified atom stereocenters. The van der Waals surface area contributed by atoms with E-state index < -0.39 is 0 Å². The molecule has 0 radical (unpaired) electrons. The van der Waals surface area contributed by atoms with Crippen LogP contribution in [0.25, 0.3) is 0 Å². The fourth-order valence-electron chi connectivity index (χ4n) is 0.313. The van der Waals surface area contributed by atoms with Crippen LogP contribution in [-0.4, -0.2) is 16.6 Å². The van der Waals surface area contributed by atoms with E-state index in [1.165, 1.54) is 0 Å². The molecule has 0 spiro atoms. The zero-order valence-electron chi connectivity index (χ0n) is 4.26. The van der Waals surface area contributed by atoms with E-state index in [-0.39, 0.29) is 5.95 Å². The van der Waals surface area contributed by atoms with E-state index in [1.807, 2.05) is 0 Å². The van der Waals surface area contributed by atoms with Crippen molar-refractivity contribution in [3.8, 4) is 0 Å². The lowest BCUT2D eigenvalue weighted by Crippen LogP contribution is -2.07. The van der Waals surface area contributed by atoms with Crippen LogP contribution < -0.4 is 4.31 Å². The monoisotopic (exact) mass is 145 g/mol. The second kappa shape index (κ2) is 2.49. The highest BCUT2D eigenvalue weighted by Crippen LogP contribution is 2.03. The van der Waals surface area contributed by atoms with Crippen molar-refractivity contribution in [3.05, 3.63) is 6.39 Å². The van der Waals surface area contributed by atoms with Crippen molar-refractivity contribution in [1.82, 2.24) is 10.1 Å². The Kier molecular flexibility index (Phi) is 1.69. The lowest BCUT2D eigenvalue weighted by atomic mass is 11.0. The summed E-state index contributed by atoms with van der Waals surface area (Å²) >= 11 is 3.67. The summed E-state index contributed by atoms with van der Waals surface area (Å²) in [6, 6.07) is 0. The molecule has 0 saturated carbocycles. The Bertz CT molecular complexity index is 187. The Morgan fingerprint density at radius 3 is 3.11 bits per heavy atom. The highest BCUT2D eigenvalue weighted by molar-refractivity contribution is 7.82. The molecule has 0 saturated heterocycles. The molecular weight excluding hydrogens is 142 g/mol. The van der Waals surface area contributed by atoms with Crippen LogP contribution in [-0.2, 0) is 4.79 Å². The number of hydrogen-bond donors (Lipinski definition) is 1. The van der Waals surface area contributed by atoms with E-state index >= 15 is 0 Å². The van der Waals surface area contributed by atoms with Gasteiger partial charge in [-0.2, -0.15) is 4.98 Å². The lowest BCUT2D eigenvalue weighted by molar-refractivity contribution is -0.106. The largest absolute Gasteiger partial charge is 0.341 e. The summed E-state index contributed by atoms with van der Waals surface area (Å²) in [5.41, 5.74) is 0. The number of thiol groups is 1. The van der Waals surface area contributed by atoms with Gasteiger partial charge in [-0.25, -0.2) is 4.31 Å². The molecule has 48 valence electrons. The van der Waals surface area contributed by atoms with Crippen molar-refractivity contribution < 1.29 is 9.32 Å². The highest BCUT2D eigenvalue weighted by atomic mass is 32.1. The van der Waals surface area contributed by atoms with E-state index in [0.29, 0.717) is 6.41 Å². The number of nitrogens with zero attached hydrogens (tertiary/aromatic N) is 3. The maximum absolute atomic E-state index is 9.93. The van der Waals surface area contributed by atoms with E-state index in [4.69, 9.17) is 0 Å². The predicted octanol–water partition coefficient (Wildman–Crippen LogP) is -0.123. The van der Waals surface area contributed by atoms with Gasteiger partial charge in [-0.3, -0.25) is 4.79 Å². The molecule has 0 aromatic carbocycles. The minimum atomic E-state index is 0.133. The first-order valence-corrected chi connectivity index (χ1v) is 2.44. The van der Waals surface area contributed by atoms with Gasteiger partial charge in [0, 0.05) is 0 Å². The molecule has 6 heteroatoms. The molecule has 1 amide bonds. The molecule has 1 heterocycles. The van der Waals surface area contributed by atoms with Crippen molar-refractivity contribution in [2.45, 2.75) is 0 Å². The number of carbonyl (C=O) groups is 1. The van der Waals surface area contributed by atoms with Gasteiger partial charge in [0.25, 0.3) is 5.95 Å². The van der Waals surface area contributed by atoms with Crippen molar-refractivity contribution in [2.24, 2.45) is 0 Å². The quantitative estimate of drug-likeness (QED) is 0.465. The van der Waals surface area contributed by atoms with E-state index in [1.54, 1.807) is 0 Å². The van der Waals surface area contributed by atoms with Gasteiger partial charge < -0.3 is 4.52 Å². The molecule has 0 fully saturated rings. The first-order chi connectivity index (χ1) is 4.34. The predicted molar refractivity (Wildman–Crippen MR) is 31.8 cm³/mol. The number of amides is 1. The van der Waals surface area contributed by atoms with Crippen LogP contribution in [0, 0.1) is 0 Å². The normalized spacial score (nSPS) is 9.00. The van der Waals surface area contributed by atoms with Gasteiger partial charge in [0.05, 0.1) is 0 Å². The van der Waals surface area contributed by atoms with Gasteiger partial charge in [0.15, 0.2) is 0 Å². The number of hydrogen-bond acceptors (Lipinski definition) is 5. The van der Waals surface area contributed by atoms with Gasteiger partial charge in [0.2, 0.25) is 12.8 Å². The van der Waals surface area contributed by atoms with E-state index in [9.17, 15) is 4.79 Å². The Morgan fingerprint density at radius 1 is 1.89 bits per heavy atom. The Morgan fingerprint density at radius 2 is 2.67 bits per heavy atom. The number of carbonyl (C=O) groups excluding carboxylic acids is 1. The molecule has 1 aromatic heterocycles. The summed E-state index contributed by atoms with van der Waals surface area (Å²) in [6.07, 6.45) is 1.58. The molecule has 0 N–H and O–H groups in total. The van der Waals surface area contributed by atoms with Crippen LogP contribution in [0.3, 0.4) is 0 Å². The average Bonchev–Trinajstić information content (AvgIpc) is 2.37. The average molecular weight is 145 g/mol. The topological polar surface area (TPSA) is 59.2 Å². The van der Waals surface area contributed by atoms with Crippen LogP contribution in [0.15, 0.2) is 10.9 Å². The Labute approximate surface area is 56.2 Å². The molecule has 0 atom stereocenters. The minimum absolute atomic E-state index is 0.133. The molecule has 9 heavy (non-hydrogen) atoms. The fraction of sp³-hybridized carbons (Fsp3) is 0. The van der Waals surface area contributed by atoms with Crippen molar-refractivity contribution in [3.63, 3.8) is 0 Å².